The van der Waals surface area contributed by atoms with Crippen molar-refractivity contribution in [1.29, 1.82) is 0 Å². The minimum atomic E-state index is -0.322. The van der Waals surface area contributed by atoms with Crippen molar-refractivity contribution in [1.82, 2.24) is 20.2 Å². The van der Waals surface area contributed by atoms with Crippen molar-refractivity contribution in [2.75, 3.05) is 7.11 Å². The van der Waals surface area contributed by atoms with Crippen LogP contribution in [0.4, 0.5) is 0 Å². The molecule has 2 aliphatic heterocycles. The monoisotopic (exact) mass is 480 g/mol. The number of ether oxygens (including phenoxy) is 1. The summed E-state index contributed by atoms with van der Waals surface area (Å²) in [4.78, 5) is 23.7. The molecule has 4 atom stereocenters. The van der Waals surface area contributed by atoms with E-state index < -0.39 is 0 Å². The molecule has 6 rings (SSSR count). The Morgan fingerprint density at radius 2 is 1.89 bits per heavy atom. The third-order valence-corrected chi connectivity index (χ3v) is 7.93. The summed E-state index contributed by atoms with van der Waals surface area (Å²) in [7, 11) is 1.51. The maximum Gasteiger partial charge on any atom is 0.323 e. The van der Waals surface area contributed by atoms with E-state index in [4.69, 9.17) is 4.74 Å². The molecule has 2 aliphatic rings. The molecule has 4 aromatic rings. The predicted molar refractivity (Wildman–Crippen MR) is 140 cm³/mol. The Hall–Kier alpha value is -3.48. The average molecular weight is 481 g/mol. The lowest BCUT2D eigenvalue weighted by molar-refractivity contribution is -0.152. The second kappa shape index (κ2) is 9.52. The number of esters is 1. The summed E-state index contributed by atoms with van der Waals surface area (Å²) >= 11 is 0. The van der Waals surface area contributed by atoms with Gasteiger partial charge in [-0.15, -0.1) is 0 Å². The first-order valence-corrected chi connectivity index (χ1v) is 12.8. The summed E-state index contributed by atoms with van der Waals surface area (Å²) in [6.07, 6.45) is 6.21. The van der Waals surface area contributed by atoms with Gasteiger partial charge in [0.25, 0.3) is 0 Å². The Labute approximate surface area is 211 Å². The van der Waals surface area contributed by atoms with Crippen molar-refractivity contribution in [2.45, 2.75) is 56.9 Å². The third-order valence-electron chi connectivity index (χ3n) is 7.93. The average Bonchev–Trinajstić information content (AvgIpc) is 3.30. The van der Waals surface area contributed by atoms with Crippen LogP contribution in [0, 0.1) is 6.92 Å². The zero-order valence-electron chi connectivity index (χ0n) is 20.8. The fourth-order valence-electron chi connectivity index (χ4n) is 6.19. The molecule has 1 saturated heterocycles. The standard InChI is InChI=1S/C30H32N4O2/c1-19-9-11-21(12-10-19)26-14-22(32-18-20-6-5-13-31-17-20)15-27-29-24(16-28(34(26)27)30(35)36-2)23-7-3-4-8-25(23)33-29/h3-13,17,22,26-28,32-33H,14-16,18H2,1-2H3/t22-,26-,27+,28-/m0/s1. The van der Waals surface area contributed by atoms with Crippen LogP contribution in [0.15, 0.2) is 73.1 Å². The van der Waals surface area contributed by atoms with Gasteiger partial charge in [0.15, 0.2) is 0 Å². The third kappa shape index (κ3) is 4.10. The van der Waals surface area contributed by atoms with Crippen molar-refractivity contribution in [3.05, 3.63) is 101 Å². The summed E-state index contributed by atoms with van der Waals surface area (Å²) in [6, 6.07) is 21.4. The normalized spacial score (nSPS) is 23.7. The zero-order chi connectivity index (χ0) is 24.6. The van der Waals surface area contributed by atoms with Gasteiger partial charge in [0.05, 0.1) is 13.2 Å². The van der Waals surface area contributed by atoms with Gasteiger partial charge < -0.3 is 15.0 Å². The highest BCUT2D eigenvalue weighted by Gasteiger charge is 2.48. The van der Waals surface area contributed by atoms with Gasteiger partial charge in [-0.05, 0) is 48.6 Å². The van der Waals surface area contributed by atoms with Gasteiger partial charge in [-0.25, -0.2) is 0 Å². The Morgan fingerprint density at radius 1 is 1.08 bits per heavy atom. The summed E-state index contributed by atoms with van der Waals surface area (Å²) in [5, 5.41) is 5.01. The number of pyridine rings is 1. The van der Waals surface area contributed by atoms with Crippen LogP contribution in [0.2, 0.25) is 0 Å². The van der Waals surface area contributed by atoms with Gasteiger partial charge in [0.1, 0.15) is 6.04 Å². The van der Waals surface area contributed by atoms with E-state index in [0.29, 0.717) is 6.42 Å². The molecule has 36 heavy (non-hydrogen) atoms. The lowest BCUT2D eigenvalue weighted by atomic mass is 9.79. The van der Waals surface area contributed by atoms with Gasteiger partial charge in [-0.3, -0.25) is 14.7 Å². The summed E-state index contributed by atoms with van der Waals surface area (Å²) in [6.45, 7) is 2.88. The topological polar surface area (TPSA) is 70.2 Å². The quantitative estimate of drug-likeness (QED) is 0.393. The van der Waals surface area contributed by atoms with Crippen LogP contribution in [0.1, 0.15) is 52.9 Å². The first-order valence-electron chi connectivity index (χ1n) is 12.8. The molecule has 2 aromatic carbocycles. The van der Waals surface area contributed by atoms with Crippen molar-refractivity contribution in [2.24, 2.45) is 0 Å². The maximum atomic E-state index is 13.2. The lowest BCUT2D eigenvalue weighted by Crippen LogP contribution is -2.55. The van der Waals surface area contributed by atoms with Crippen LogP contribution in [0.3, 0.4) is 0 Å². The van der Waals surface area contributed by atoms with E-state index in [1.807, 2.05) is 18.5 Å². The molecule has 2 aromatic heterocycles. The number of carbonyl (C=O) groups excluding carboxylic acids is 1. The molecule has 184 valence electrons. The zero-order valence-corrected chi connectivity index (χ0v) is 20.8. The lowest BCUT2D eigenvalue weighted by Gasteiger charge is -2.50. The van der Waals surface area contributed by atoms with E-state index in [0.717, 1.165) is 24.9 Å². The SMILES string of the molecule is COC(=O)[C@@H]1Cc2c([nH]c3ccccc23)[C@H]2C[C@@H](NCc3cccnc3)C[C@@H](c3ccc(C)cc3)N21. The van der Waals surface area contributed by atoms with Crippen molar-refractivity contribution in [3.63, 3.8) is 0 Å². The highest BCUT2D eigenvalue weighted by atomic mass is 16.5. The molecule has 1 fully saturated rings. The van der Waals surface area contributed by atoms with E-state index >= 15 is 0 Å². The number of aromatic nitrogens is 2. The number of methoxy groups -OCH3 is 1. The minimum absolute atomic E-state index is 0.0803. The van der Waals surface area contributed by atoms with Crippen molar-refractivity contribution < 1.29 is 9.53 Å². The van der Waals surface area contributed by atoms with Crippen molar-refractivity contribution in [3.8, 4) is 0 Å². The number of rotatable bonds is 5. The second-order valence-corrected chi connectivity index (χ2v) is 10.1. The van der Waals surface area contributed by atoms with Crippen LogP contribution < -0.4 is 5.32 Å². The van der Waals surface area contributed by atoms with Crippen LogP contribution in [-0.4, -0.2) is 40.0 Å². The fraction of sp³-hybridized carbons (Fsp3) is 0.333. The number of para-hydroxylation sites is 1. The summed E-state index contributed by atoms with van der Waals surface area (Å²) < 4.78 is 5.36. The number of aromatic amines is 1. The number of carbonyl (C=O) groups is 1. The van der Waals surface area contributed by atoms with E-state index in [9.17, 15) is 4.79 Å². The molecular weight excluding hydrogens is 448 g/mol. The Balaban J connectivity index is 1.43. The smallest absolute Gasteiger partial charge is 0.323 e. The van der Waals surface area contributed by atoms with E-state index in [1.54, 1.807) is 0 Å². The Bertz CT molecular complexity index is 1360. The maximum absolute atomic E-state index is 13.2. The van der Waals surface area contributed by atoms with Gasteiger partial charge in [-0.2, -0.15) is 0 Å². The van der Waals surface area contributed by atoms with Gasteiger partial charge >= 0.3 is 5.97 Å². The van der Waals surface area contributed by atoms with E-state index in [2.05, 4.69) is 81.7 Å². The number of H-pyrrole nitrogens is 1. The molecule has 0 amide bonds. The molecule has 6 heteroatoms. The molecular formula is C30H32N4O2. The Morgan fingerprint density at radius 3 is 2.67 bits per heavy atom. The number of nitrogens with one attached hydrogen (secondary N) is 2. The first-order chi connectivity index (χ1) is 17.6. The van der Waals surface area contributed by atoms with Gasteiger partial charge in [-0.1, -0.05) is 54.1 Å². The predicted octanol–water partition coefficient (Wildman–Crippen LogP) is 5.01. The molecule has 2 N–H and O–H groups in total. The number of fused-ring (bicyclic) bond motifs is 5. The Kier molecular flexibility index (Phi) is 6.07. The number of aryl methyl sites for hydroxylation is 1. The molecule has 4 heterocycles. The first kappa shape index (κ1) is 23.0. The van der Waals surface area contributed by atoms with E-state index in [1.165, 1.54) is 40.4 Å². The molecule has 0 aliphatic carbocycles. The number of benzene rings is 2. The molecule has 0 radical (unpaired) electrons. The molecule has 0 unspecified atom stereocenters. The number of hydrogen-bond acceptors (Lipinski definition) is 5. The van der Waals surface area contributed by atoms with Crippen molar-refractivity contribution >= 4 is 16.9 Å². The second-order valence-electron chi connectivity index (χ2n) is 10.1. The molecule has 6 nitrogen and oxygen atoms in total. The summed E-state index contributed by atoms with van der Waals surface area (Å²) in [5.74, 6) is -0.158. The van der Waals surface area contributed by atoms with E-state index in [-0.39, 0.29) is 30.1 Å². The van der Waals surface area contributed by atoms with Gasteiger partial charge in [0, 0.05) is 54.0 Å². The molecule has 0 saturated carbocycles. The molecule has 0 bridgehead atoms. The fourth-order valence-corrected chi connectivity index (χ4v) is 6.19. The van der Waals surface area contributed by atoms with Crippen LogP contribution in [-0.2, 0) is 22.5 Å². The number of piperidine rings is 1. The highest BCUT2D eigenvalue weighted by molar-refractivity contribution is 5.87. The molecule has 0 spiro atoms. The minimum Gasteiger partial charge on any atom is -0.468 e. The number of hydrogen-bond donors (Lipinski definition) is 2. The summed E-state index contributed by atoms with van der Waals surface area (Å²) in [5.41, 5.74) is 7.27. The van der Waals surface area contributed by atoms with Crippen LogP contribution in [0.5, 0.6) is 0 Å². The highest BCUT2D eigenvalue weighted by Crippen LogP contribution is 2.48. The van der Waals surface area contributed by atoms with Crippen LogP contribution in [0.25, 0.3) is 10.9 Å². The number of nitrogens with zero attached hydrogens (tertiary/aromatic N) is 2. The largest absolute Gasteiger partial charge is 0.468 e. The van der Waals surface area contributed by atoms with Gasteiger partial charge in [0.2, 0.25) is 0 Å². The van der Waals surface area contributed by atoms with Crippen LogP contribution >= 0.6 is 0 Å².